The van der Waals surface area contributed by atoms with E-state index >= 15 is 0 Å². The summed E-state index contributed by atoms with van der Waals surface area (Å²) in [6.07, 6.45) is 0.334. The first-order valence-electron chi connectivity index (χ1n) is 7.69. The monoisotopic (exact) mass is 306 g/mol. The topological polar surface area (TPSA) is 61.8 Å². The highest BCUT2D eigenvalue weighted by Gasteiger charge is 2.37. The lowest BCUT2D eigenvalue weighted by Crippen LogP contribution is -2.51. The van der Waals surface area contributed by atoms with Crippen LogP contribution in [0.15, 0.2) is 24.3 Å². The summed E-state index contributed by atoms with van der Waals surface area (Å²) < 4.78 is 5.15. The quantitative estimate of drug-likeness (QED) is 0.883. The molecule has 0 saturated carbocycles. The molecule has 2 N–H and O–H groups in total. The van der Waals surface area contributed by atoms with Crippen molar-refractivity contribution in [3.05, 3.63) is 24.3 Å². The molecular formula is C17H26N2O3. The fourth-order valence-electron chi connectivity index (χ4n) is 3.03. The van der Waals surface area contributed by atoms with Crippen LogP contribution >= 0.6 is 0 Å². The number of hydrogen-bond donors (Lipinski definition) is 2. The number of likely N-dealkylation sites (tertiary alicyclic amines) is 1. The zero-order valence-corrected chi connectivity index (χ0v) is 13.8. The highest BCUT2D eigenvalue weighted by Crippen LogP contribution is 2.34. The van der Waals surface area contributed by atoms with Gasteiger partial charge in [-0.2, -0.15) is 0 Å². The molecule has 0 aromatic heterocycles. The summed E-state index contributed by atoms with van der Waals surface area (Å²) in [6, 6.07) is 7.07. The number of anilines is 1. The number of ether oxygens (including phenoxy) is 1. The van der Waals surface area contributed by atoms with Crippen molar-refractivity contribution in [2.45, 2.75) is 33.3 Å². The molecule has 0 unspecified atom stereocenters. The van der Waals surface area contributed by atoms with Gasteiger partial charge in [0.25, 0.3) is 0 Å². The lowest BCUT2D eigenvalue weighted by atomic mass is 9.74. The Bertz CT molecular complexity index is 525. The molecule has 1 aliphatic heterocycles. The largest absolute Gasteiger partial charge is 0.497 e. The molecule has 1 fully saturated rings. The molecule has 2 amide bonds. The second kappa shape index (κ2) is 6.57. The van der Waals surface area contributed by atoms with Crippen LogP contribution in [0.3, 0.4) is 0 Å². The smallest absolute Gasteiger partial charge is 0.321 e. The Balaban J connectivity index is 1.97. The Hall–Kier alpha value is -1.75. The maximum atomic E-state index is 12.3. The number of carbonyl (C=O) groups is 1. The predicted octanol–water partition coefficient (Wildman–Crippen LogP) is 2.96. The van der Waals surface area contributed by atoms with Gasteiger partial charge in [-0.05, 0) is 29.9 Å². The predicted molar refractivity (Wildman–Crippen MR) is 87.2 cm³/mol. The number of rotatable bonds is 2. The van der Waals surface area contributed by atoms with E-state index in [9.17, 15) is 9.90 Å². The molecule has 1 aromatic carbocycles. The number of amides is 2. The number of carbonyl (C=O) groups excluding carboxylic acids is 1. The molecule has 0 radical (unpaired) electrons. The first-order chi connectivity index (χ1) is 10.3. The van der Waals surface area contributed by atoms with Crippen LogP contribution in [0, 0.1) is 11.3 Å². The van der Waals surface area contributed by atoms with E-state index in [0.29, 0.717) is 24.5 Å². The van der Waals surface area contributed by atoms with Crippen LogP contribution in [0.2, 0.25) is 0 Å². The van der Waals surface area contributed by atoms with Crippen LogP contribution in [-0.4, -0.2) is 42.3 Å². The minimum atomic E-state index is -0.482. The minimum absolute atomic E-state index is 0.0504. The Morgan fingerprint density at radius 1 is 1.41 bits per heavy atom. The number of β-amino-alcohol motifs (C(OH)–C–C–N with tert-alkyl or cyclic N) is 1. The number of benzene rings is 1. The third-order valence-electron chi connectivity index (χ3n) is 4.30. The van der Waals surface area contributed by atoms with Gasteiger partial charge in [0, 0.05) is 24.8 Å². The number of methoxy groups -OCH3 is 1. The summed E-state index contributed by atoms with van der Waals surface area (Å²) >= 11 is 0. The second-order valence-electron chi connectivity index (χ2n) is 6.94. The molecule has 22 heavy (non-hydrogen) atoms. The second-order valence-corrected chi connectivity index (χ2v) is 6.94. The first-order valence-corrected chi connectivity index (χ1v) is 7.69. The zero-order valence-electron chi connectivity index (χ0n) is 13.8. The fraction of sp³-hybridized carbons (Fsp3) is 0.588. The van der Waals surface area contributed by atoms with Crippen LogP contribution in [0.4, 0.5) is 10.5 Å². The molecule has 0 spiro atoms. The van der Waals surface area contributed by atoms with Crippen molar-refractivity contribution in [3.63, 3.8) is 0 Å². The SMILES string of the molecule is COc1cccc(NC(=O)N2CC[C@@H](C(C)(C)C)[C@@H](O)C2)c1. The van der Waals surface area contributed by atoms with Gasteiger partial charge >= 0.3 is 6.03 Å². The number of nitrogens with zero attached hydrogens (tertiary/aromatic N) is 1. The number of aliphatic hydroxyl groups excluding tert-OH is 1. The molecule has 5 heteroatoms. The molecule has 1 aromatic rings. The number of hydrogen-bond acceptors (Lipinski definition) is 3. The standard InChI is InChI=1S/C17H26N2O3/c1-17(2,3)14-8-9-19(11-15(14)20)16(21)18-12-6-5-7-13(10-12)22-4/h5-7,10,14-15,20H,8-9,11H2,1-4H3,(H,18,21)/t14-,15+/m1/s1. The number of nitrogens with one attached hydrogen (secondary N) is 1. The molecule has 1 aliphatic rings. The summed E-state index contributed by atoms with van der Waals surface area (Å²) in [6.45, 7) is 7.43. The minimum Gasteiger partial charge on any atom is -0.497 e. The van der Waals surface area contributed by atoms with E-state index < -0.39 is 6.10 Å². The zero-order chi connectivity index (χ0) is 16.3. The van der Waals surface area contributed by atoms with E-state index in [0.717, 1.165) is 6.42 Å². The van der Waals surface area contributed by atoms with Gasteiger partial charge in [0.05, 0.1) is 13.2 Å². The van der Waals surface area contributed by atoms with E-state index in [-0.39, 0.29) is 17.4 Å². The Morgan fingerprint density at radius 2 is 2.14 bits per heavy atom. The number of urea groups is 1. The van der Waals surface area contributed by atoms with Gasteiger partial charge in [0.2, 0.25) is 0 Å². The van der Waals surface area contributed by atoms with E-state index in [1.165, 1.54) is 0 Å². The molecule has 2 atom stereocenters. The first kappa shape index (κ1) is 16.6. The highest BCUT2D eigenvalue weighted by molar-refractivity contribution is 5.89. The maximum absolute atomic E-state index is 12.3. The summed E-state index contributed by atoms with van der Waals surface area (Å²) in [5, 5.41) is 13.2. The van der Waals surface area contributed by atoms with Gasteiger partial charge in [0.1, 0.15) is 5.75 Å². The van der Waals surface area contributed by atoms with Crippen LogP contribution < -0.4 is 10.1 Å². The van der Waals surface area contributed by atoms with Crippen molar-refractivity contribution in [3.8, 4) is 5.75 Å². The van der Waals surface area contributed by atoms with Gasteiger partial charge in [-0.3, -0.25) is 0 Å². The Kier molecular flexibility index (Phi) is 4.96. The molecular weight excluding hydrogens is 280 g/mol. The Labute approximate surface area is 132 Å². The van der Waals surface area contributed by atoms with E-state index in [4.69, 9.17) is 4.74 Å². The van der Waals surface area contributed by atoms with Crippen molar-refractivity contribution in [2.24, 2.45) is 11.3 Å². The van der Waals surface area contributed by atoms with Crippen molar-refractivity contribution in [1.82, 2.24) is 4.90 Å². The van der Waals surface area contributed by atoms with Gasteiger partial charge < -0.3 is 20.1 Å². The van der Waals surface area contributed by atoms with E-state index in [2.05, 4.69) is 26.1 Å². The van der Waals surface area contributed by atoms with Gasteiger partial charge in [-0.15, -0.1) is 0 Å². The fourth-order valence-corrected chi connectivity index (χ4v) is 3.03. The third-order valence-corrected chi connectivity index (χ3v) is 4.30. The van der Waals surface area contributed by atoms with Gasteiger partial charge in [-0.25, -0.2) is 4.79 Å². The van der Waals surface area contributed by atoms with Crippen molar-refractivity contribution in [1.29, 1.82) is 0 Å². The lowest BCUT2D eigenvalue weighted by Gasteiger charge is -2.42. The van der Waals surface area contributed by atoms with Gasteiger partial charge in [-0.1, -0.05) is 26.8 Å². The lowest BCUT2D eigenvalue weighted by molar-refractivity contribution is -0.0108. The number of piperidine rings is 1. The van der Waals surface area contributed by atoms with Crippen molar-refractivity contribution in [2.75, 3.05) is 25.5 Å². The average molecular weight is 306 g/mol. The van der Waals surface area contributed by atoms with Crippen molar-refractivity contribution < 1.29 is 14.6 Å². The average Bonchev–Trinajstić information content (AvgIpc) is 2.46. The molecule has 1 heterocycles. The Morgan fingerprint density at radius 3 is 2.73 bits per heavy atom. The van der Waals surface area contributed by atoms with Crippen LogP contribution in [0.1, 0.15) is 27.2 Å². The third kappa shape index (κ3) is 3.91. The molecule has 0 aliphatic carbocycles. The number of aliphatic hydroxyl groups is 1. The molecule has 5 nitrogen and oxygen atoms in total. The maximum Gasteiger partial charge on any atom is 0.321 e. The van der Waals surface area contributed by atoms with Crippen LogP contribution in [-0.2, 0) is 0 Å². The molecule has 2 rings (SSSR count). The summed E-state index contributed by atoms with van der Waals surface area (Å²) in [5.74, 6) is 0.914. The van der Waals surface area contributed by atoms with Crippen molar-refractivity contribution >= 4 is 11.7 Å². The van der Waals surface area contributed by atoms with Crippen LogP contribution in [0.5, 0.6) is 5.75 Å². The summed E-state index contributed by atoms with van der Waals surface area (Å²) in [4.78, 5) is 14.0. The summed E-state index contributed by atoms with van der Waals surface area (Å²) in [7, 11) is 1.59. The molecule has 0 bridgehead atoms. The summed E-state index contributed by atoms with van der Waals surface area (Å²) in [5.41, 5.74) is 0.742. The highest BCUT2D eigenvalue weighted by atomic mass is 16.5. The molecule has 122 valence electrons. The van der Waals surface area contributed by atoms with E-state index in [1.807, 2.05) is 18.2 Å². The normalized spacial score (nSPS) is 22.3. The molecule has 1 saturated heterocycles. The van der Waals surface area contributed by atoms with E-state index in [1.54, 1.807) is 18.1 Å². The van der Waals surface area contributed by atoms with Crippen LogP contribution in [0.25, 0.3) is 0 Å². The van der Waals surface area contributed by atoms with Gasteiger partial charge in [0.15, 0.2) is 0 Å².